The van der Waals surface area contributed by atoms with E-state index < -0.39 is 0 Å². The van der Waals surface area contributed by atoms with Crippen LogP contribution in [0, 0.1) is 6.92 Å². The third kappa shape index (κ3) is 3.27. The van der Waals surface area contributed by atoms with Crippen LogP contribution in [-0.2, 0) is 6.54 Å². The summed E-state index contributed by atoms with van der Waals surface area (Å²) in [5.74, 6) is 0. The summed E-state index contributed by atoms with van der Waals surface area (Å²) < 4.78 is 2.15. The van der Waals surface area contributed by atoms with Crippen molar-refractivity contribution in [2.24, 2.45) is 0 Å². The van der Waals surface area contributed by atoms with Crippen LogP contribution < -0.4 is 5.32 Å². The number of hydrogen-bond acceptors (Lipinski definition) is 3. The molecule has 1 aliphatic heterocycles. The van der Waals surface area contributed by atoms with Gasteiger partial charge in [0.15, 0.2) is 0 Å². The molecule has 0 aliphatic carbocycles. The lowest BCUT2D eigenvalue weighted by Gasteiger charge is -2.34. The minimum absolute atomic E-state index is 0.657. The van der Waals surface area contributed by atoms with E-state index in [1.807, 2.05) is 0 Å². The van der Waals surface area contributed by atoms with Crippen LogP contribution in [0.5, 0.6) is 0 Å². The second kappa shape index (κ2) is 6.58. The van der Waals surface area contributed by atoms with Crippen molar-refractivity contribution in [2.75, 3.05) is 19.6 Å². The molecule has 2 aromatic rings. The van der Waals surface area contributed by atoms with Gasteiger partial charge in [0.25, 0.3) is 0 Å². The van der Waals surface area contributed by atoms with Crippen molar-refractivity contribution >= 4 is 5.65 Å². The number of piperidine rings is 1. The lowest BCUT2D eigenvalue weighted by molar-refractivity contribution is 0.156. The Labute approximate surface area is 127 Å². The second-order valence-corrected chi connectivity index (χ2v) is 6.12. The predicted molar refractivity (Wildman–Crippen MR) is 86.5 cm³/mol. The molecule has 0 amide bonds. The smallest absolute Gasteiger partial charge is 0.139 e. The first-order valence-electron chi connectivity index (χ1n) is 8.16. The van der Waals surface area contributed by atoms with E-state index in [1.54, 1.807) is 0 Å². The lowest BCUT2D eigenvalue weighted by atomic mass is 10.1. The molecule has 2 aromatic heterocycles. The summed E-state index contributed by atoms with van der Waals surface area (Å²) in [5.41, 5.74) is 3.51. The van der Waals surface area contributed by atoms with Gasteiger partial charge in [0.05, 0.1) is 5.69 Å². The largest absolute Gasteiger partial charge is 0.315 e. The van der Waals surface area contributed by atoms with Crippen LogP contribution in [-0.4, -0.2) is 40.0 Å². The molecule has 1 unspecified atom stereocenters. The first kappa shape index (κ1) is 14.5. The van der Waals surface area contributed by atoms with Gasteiger partial charge in [-0.3, -0.25) is 4.90 Å². The summed E-state index contributed by atoms with van der Waals surface area (Å²) in [6.07, 6.45) is 8.06. The maximum Gasteiger partial charge on any atom is 0.139 e. The Morgan fingerprint density at radius 3 is 3.10 bits per heavy atom. The Balaban J connectivity index is 1.78. The minimum Gasteiger partial charge on any atom is -0.315 e. The molecule has 0 radical (unpaired) electrons. The molecular formula is C17H26N4. The molecule has 4 nitrogen and oxygen atoms in total. The average molecular weight is 286 g/mol. The first-order valence-corrected chi connectivity index (χ1v) is 8.16. The van der Waals surface area contributed by atoms with Crippen molar-refractivity contribution in [3.05, 3.63) is 35.8 Å². The molecule has 3 rings (SSSR count). The lowest BCUT2D eigenvalue weighted by Crippen LogP contribution is -2.45. The van der Waals surface area contributed by atoms with Crippen LogP contribution in [0.15, 0.2) is 24.5 Å². The summed E-state index contributed by atoms with van der Waals surface area (Å²) in [6.45, 7) is 8.79. The molecule has 0 bridgehead atoms. The van der Waals surface area contributed by atoms with Crippen molar-refractivity contribution < 1.29 is 0 Å². The maximum atomic E-state index is 4.83. The number of rotatable bonds is 5. The maximum absolute atomic E-state index is 4.83. The van der Waals surface area contributed by atoms with E-state index in [0.717, 1.165) is 25.3 Å². The third-order valence-corrected chi connectivity index (χ3v) is 4.39. The van der Waals surface area contributed by atoms with Crippen LogP contribution in [0.2, 0.25) is 0 Å². The van der Waals surface area contributed by atoms with E-state index >= 15 is 0 Å². The fourth-order valence-corrected chi connectivity index (χ4v) is 3.31. The standard InChI is InChI=1S/C17H26N4/c1-3-9-20(16-7-4-8-18-11-16)12-15-13-21-10-5-6-14(2)17(21)19-15/h5-6,10,13,16,18H,3-4,7-9,11-12H2,1-2H3. The predicted octanol–water partition coefficient (Wildman–Crippen LogP) is 2.61. The molecule has 114 valence electrons. The van der Waals surface area contributed by atoms with Gasteiger partial charge in [0.2, 0.25) is 0 Å². The molecule has 1 atom stereocenters. The minimum atomic E-state index is 0.657. The average Bonchev–Trinajstić information content (AvgIpc) is 2.92. The van der Waals surface area contributed by atoms with Crippen molar-refractivity contribution in [2.45, 2.75) is 45.7 Å². The molecule has 3 heterocycles. The highest BCUT2D eigenvalue weighted by molar-refractivity contribution is 5.47. The van der Waals surface area contributed by atoms with Gasteiger partial charge in [-0.15, -0.1) is 0 Å². The molecule has 1 fully saturated rings. The highest BCUT2D eigenvalue weighted by Crippen LogP contribution is 2.16. The first-order chi connectivity index (χ1) is 10.3. The topological polar surface area (TPSA) is 32.6 Å². The zero-order chi connectivity index (χ0) is 14.7. The Bertz CT molecular complexity index is 583. The monoisotopic (exact) mass is 286 g/mol. The van der Waals surface area contributed by atoms with Gasteiger partial charge in [-0.05, 0) is 50.9 Å². The van der Waals surface area contributed by atoms with Crippen LogP contribution in [0.3, 0.4) is 0 Å². The normalized spacial score (nSPS) is 19.5. The summed E-state index contributed by atoms with van der Waals surface area (Å²) in [6, 6.07) is 4.87. The van der Waals surface area contributed by atoms with E-state index in [4.69, 9.17) is 4.98 Å². The van der Waals surface area contributed by atoms with Crippen LogP contribution in [0.25, 0.3) is 5.65 Å². The molecule has 1 aliphatic rings. The van der Waals surface area contributed by atoms with Gasteiger partial charge in [0, 0.05) is 31.5 Å². The fourth-order valence-electron chi connectivity index (χ4n) is 3.31. The van der Waals surface area contributed by atoms with E-state index in [9.17, 15) is 0 Å². The number of aromatic nitrogens is 2. The van der Waals surface area contributed by atoms with Crippen LogP contribution >= 0.6 is 0 Å². The number of nitrogens with zero attached hydrogens (tertiary/aromatic N) is 3. The quantitative estimate of drug-likeness (QED) is 0.917. The number of hydrogen-bond donors (Lipinski definition) is 1. The molecule has 21 heavy (non-hydrogen) atoms. The number of pyridine rings is 1. The van der Waals surface area contributed by atoms with E-state index in [1.165, 1.54) is 37.1 Å². The summed E-state index contributed by atoms with van der Waals surface area (Å²) in [7, 11) is 0. The van der Waals surface area contributed by atoms with E-state index in [-0.39, 0.29) is 0 Å². The molecule has 0 aromatic carbocycles. The van der Waals surface area contributed by atoms with Gasteiger partial charge in [-0.2, -0.15) is 0 Å². The number of fused-ring (bicyclic) bond motifs is 1. The summed E-state index contributed by atoms with van der Waals surface area (Å²) in [4.78, 5) is 7.43. The molecule has 0 saturated carbocycles. The van der Waals surface area contributed by atoms with E-state index in [0.29, 0.717) is 6.04 Å². The Kier molecular flexibility index (Phi) is 4.56. The molecule has 1 N–H and O–H groups in total. The van der Waals surface area contributed by atoms with Gasteiger partial charge in [-0.1, -0.05) is 13.0 Å². The zero-order valence-corrected chi connectivity index (χ0v) is 13.2. The van der Waals surface area contributed by atoms with Gasteiger partial charge in [-0.25, -0.2) is 4.98 Å². The molecular weight excluding hydrogens is 260 g/mol. The zero-order valence-electron chi connectivity index (χ0n) is 13.2. The Morgan fingerprint density at radius 1 is 1.48 bits per heavy atom. The third-order valence-electron chi connectivity index (χ3n) is 4.39. The summed E-state index contributed by atoms with van der Waals surface area (Å²) >= 11 is 0. The highest BCUT2D eigenvalue weighted by Gasteiger charge is 2.21. The van der Waals surface area contributed by atoms with Crippen LogP contribution in [0.4, 0.5) is 0 Å². The SMILES string of the molecule is CCCN(Cc1cn2cccc(C)c2n1)C1CCCNC1. The van der Waals surface area contributed by atoms with Crippen molar-refractivity contribution in [1.29, 1.82) is 0 Å². The number of nitrogens with one attached hydrogen (secondary N) is 1. The van der Waals surface area contributed by atoms with Crippen molar-refractivity contribution in [1.82, 2.24) is 19.6 Å². The number of imidazole rings is 1. The molecule has 0 spiro atoms. The van der Waals surface area contributed by atoms with Gasteiger partial charge < -0.3 is 9.72 Å². The second-order valence-electron chi connectivity index (χ2n) is 6.12. The van der Waals surface area contributed by atoms with Crippen molar-refractivity contribution in [3.63, 3.8) is 0 Å². The fraction of sp³-hybridized carbons (Fsp3) is 0.588. The summed E-state index contributed by atoms with van der Waals surface area (Å²) in [5, 5.41) is 3.53. The van der Waals surface area contributed by atoms with Gasteiger partial charge in [0.1, 0.15) is 5.65 Å². The highest BCUT2D eigenvalue weighted by atomic mass is 15.2. The van der Waals surface area contributed by atoms with E-state index in [2.05, 4.69) is 53.0 Å². The molecule has 4 heteroatoms. The van der Waals surface area contributed by atoms with Crippen molar-refractivity contribution in [3.8, 4) is 0 Å². The van der Waals surface area contributed by atoms with Crippen LogP contribution in [0.1, 0.15) is 37.4 Å². The molecule has 1 saturated heterocycles. The van der Waals surface area contributed by atoms with Gasteiger partial charge >= 0.3 is 0 Å². The number of aryl methyl sites for hydroxylation is 1. The Morgan fingerprint density at radius 2 is 2.38 bits per heavy atom. The Hall–Kier alpha value is -1.39.